The van der Waals surface area contributed by atoms with Gasteiger partial charge in [0.15, 0.2) is 0 Å². The van der Waals surface area contributed by atoms with Gasteiger partial charge in [0.2, 0.25) is 0 Å². The van der Waals surface area contributed by atoms with Crippen molar-refractivity contribution in [3.8, 4) is 22.3 Å². The quantitative estimate of drug-likeness (QED) is 0.305. The fourth-order valence-corrected chi connectivity index (χ4v) is 4.61. The van der Waals surface area contributed by atoms with Crippen molar-refractivity contribution in [1.29, 1.82) is 5.41 Å². The molecule has 0 aliphatic heterocycles. The number of unbranched alkanes of at least 4 members (excludes halogenated alkanes) is 1. The molecule has 0 bridgehead atoms. The Morgan fingerprint density at radius 3 is 2.21 bits per heavy atom. The number of benzene rings is 4. The van der Waals surface area contributed by atoms with Crippen LogP contribution in [0, 0.1) is 5.41 Å². The van der Waals surface area contributed by atoms with E-state index in [0.717, 1.165) is 37.0 Å². The first-order chi connectivity index (χ1) is 14.3. The monoisotopic (exact) mass is 375 g/mol. The normalized spacial score (nSPS) is 12.0. The van der Waals surface area contributed by atoms with E-state index in [1.807, 2.05) is 0 Å². The van der Waals surface area contributed by atoms with Gasteiger partial charge in [0.1, 0.15) is 0 Å². The van der Waals surface area contributed by atoms with Gasteiger partial charge in [-0.1, -0.05) is 80.1 Å². The number of hydrogen-bond donors (Lipinski definition) is 1. The van der Waals surface area contributed by atoms with E-state index in [2.05, 4.69) is 85.8 Å². The highest BCUT2D eigenvalue weighted by Gasteiger charge is 2.23. The fourth-order valence-electron chi connectivity index (χ4n) is 4.61. The van der Waals surface area contributed by atoms with Crippen molar-refractivity contribution in [2.75, 3.05) is 0 Å². The van der Waals surface area contributed by atoms with Gasteiger partial charge >= 0.3 is 0 Å². The zero-order valence-corrected chi connectivity index (χ0v) is 16.8. The summed E-state index contributed by atoms with van der Waals surface area (Å²) in [5, 5.41) is 11.3. The van der Waals surface area contributed by atoms with Gasteiger partial charge in [-0.15, -0.1) is 0 Å². The molecule has 29 heavy (non-hydrogen) atoms. The molecule has 1 N–H and O–H groups in total. The maximum absolute atomic E-state index is 8.82. The minimum Gasteiger partial charge on any atom is -0.305 e. The molecule has 0 heterocycles. The van der Waals surface area contributed by atoms with Gasteiger partial charge < -0.3 is 5.41 Å². The van der Waals surface area contributed by atoms with Gasteiger partial charge in [-0.3, -0.25) is 0 Å². The number of nitrogens with one attached hydrogen (secondary N) is 1. The molecular weight excluding hydrogens is 350 g/mol. The molecule has 0 saturated heterocycles. The van der Waals surface area contributed by atoms with Crippen LogP contribution in [0.4, 0.5) is 0 Å². The molecule has 4 aromatic carbocycles. The second-order valence-electron chi connectivity index (χ2n) is 7.99. The van der Waals surface area contributed by atoms with Crippen molar-refractivity contribution in [2.45, 2.75) is 32.6 Å². The maximum atomic E-state index is 8.82. The predicted molar refractivity (Wildman–Crippen MR) is 124 cm³/mol. The molecule has 0 fully saturated rings. The average Bonchev–Trinajstić information content (AvgIpc) is 3.15. The van der Waals surface area contributed by atoms with Crippen molar-refractivity contribution >= 4 is 16.5 Å². The predicted octanol–water partition coefficient (Wildman–Crippen LogP) is 7.64. The van der Waals surface area contributed by atoms with Crippen LogP contribution in [0.1, 0.15) is 42.9 Å². The molecule has 5 rings (SSSR count). The molecule has 0 amide bonds. The molecule has 1 aliphatic rings. The zero-order chi connectivity index (χ0) is 19.8. The van der Waals surface area contributed by atoms with Crippen molar-refractivity contribution in [3.63, 3.8) is 0 Å². The summed E-state index contributed by atoms with van der Waals surface area (Å²) < 4.78 is 0. The molecule has 0 radical (unpaired) electrons. The first-order valence-corrected chi connectivity index (χ1v) is 10.6. The largest absolute Gasteiger partial charge is 0.305 e. The molecule has 0 unspecified atom stereocenters. The van der Waals surface area contributed by atoms with Crippen LogP contribution >= 0.6 is 0 Å². The van der Waals surface area contributed by atoms with Gasteiger partial charge in [-0.2, -0.15) is 0 Å². The highest BCUT2D eigenvalue weighted by atomic mass is 14.4. The second-order valence-corrected chi connectivity index (χ2v) is 7.99. The van der Waals surface area contributed by atoms with E-state index >= 15 is 0 Å². The minimum atomic E-state index is 0.751. The van der Waals surface area contributed by atoms with Crippen LogP contribution in [-0.2, 0) is 6.42 Å². The standard InChI is InChI=1S/C28H25N/c1-2-3-15-28(29)27-17-20-10-5-4-9-19(20)16-26(27)24-14-8-13-23-22-12-7-6-11-21(22)18-25(23)24/h4-14,16-17,29H,2-3,15,18H2,1H3. The van der Waals surface area contributed by atoms with Crippen LogP contribution in [0.2, 0.25) is 0 Å². The fraction of sp³-hybridized carbons (Fsp3) is 0.179. The Bertz CT molecular complexity index is 1230. The van der Waals surface area contributed by atoms with Gasteiger partial charge in [0, 0.05) is 11.3 Å². The lowest BCUT2D eigenvalue weighted by Gasteiger charge is -2.16. The Morgan fingerprint density at radius 1 is 0.759 bits per heavy atom. The summed E-state index contributed by atoms with van der Waals surface area (Å²) >= 11 is 0. The lowest BCUT2D eigenvalue weighted by Crippen LogP contribution is -2.03. The second kappa shape index (κ2) is 7.33. The Kier molecular flexibility index (Phi) is 4.52. The van der Waals surface area contributed by atoms with Crippen LogP contribution in [0.3, 0.4) is 0 Å². The third-order valence-electron chi connectivity index (χ3n) is 6.13. The summed E-state index contributed by atoms with van der Waals surface area (Å²) in [6, 6.07) is 28.4. The maximum Gasteiger partial charge on any atom is 0.0392 e. The first kappa shape index (κ1) is 17.9. The van der Waals surface area contributed by atoms with Crippen LogP contribution < -0.4 is 0 Å². The average molecular weight is 376 g/mol. The Balaban J connectivity index is 1.72. The smallest absolute Gasteiger partial charge is 0.0392 e. The first-order valence-electron chi connectivity index (χ1n) is 10.6. The summed E-state index contributed by atoms with van der Waals surface area (Å²) in [6.07, 6.45) is 3.97. The molecule has 1 aliphatic carbocycles. The van der Waals surface area contributed by atoms with E-state index in [4.69, 9.17) is 5.41 Å². The van der Waals surface area contributed by atoms with Crippen molar-refractivity contribution < 1.29 is 0 Å². The van der Waals surface area contributed by atoms with Gasteiger partial charge in [0.05, 0.1) is 0 Å². The zero-order valence-electron chi connectivity index (χ0n) is 16.8. The SMILES string of the molecule is CCCCC(=N)c1cc2ccccc2cc1-c1cccc2c1Cc1ccccc1-2. The summed E-state index contributed by atoms with van der Waals surface area (Å²) in [6.45, 7) is 2.19. The van der Waals surface area contributed by atoms with Crippen LogP contribution in [0.15, 0.2) is 78.9 Å². The van der Waals surface area contributed by atoms with Crippen molar-refractivity contribution in [1.82, 2.24) is 0 Å². The summed E-state index contributed by atoms with van der Waals surface area (Å²) in [7, 11) is 0. The molecule has 0 spiro atoms. The molecule has 0 aromatic heterocycles. The van der Waals surface area contributed by atoms with Crippen molar-refractivity contribution in [2.24, 2.45) is 0 Å². The van der Waals surface area contributed by atoms with E-state index in [1.165, 1.54) is 44.2 Å². The Labute approximate surface area is 172 Å². The van der Waals surface area contributed by atoms with Crippen LogP contribution in [-0.4, -0.2) is 5.71 Å². The molecule has 0 saturated carbocycles. The molecule has 1 heteroatoms. The van der Waals surface area contributed by atoms with E-state index < -0.39 is 0 Å². The van der Waals surface area contributed by atoms with Gasteiger partial charge in [-0.25, -0.2) is 0 Å². The third kappa shape index (κ3) is 3.07. The third-order valence-corrected chi connectivity index (χ3v) is 6.13. The Hall–Kier alpha value is -3.19. The number of hydrogen-bond acceptors (Lipinski definition) is 1. The van der Waals surface area contributed by atoms with E-state index in [1.54, 1.807) is 0 Å². The summed E-state index contributed by atoms with van der Waals surface area (Å²) in [5.41, 5.74) is 9.81. The van der Waals surface area contributed by atoms with E-state index in [0.29, 0.717) is 0 Å². The van der Waals surface area contributed by atoms with Gasteiger partial charge in [0.25, 0.3) is 0 Å². The van der Waals surface area contributed by atoms with Gasteiger partial charge in [-0.05, 0) is 75.5 Å². The number of rotatable bonds is 5. The van der Waals surface area contributed by atoms with Crippen LogP contribution in [0.5, 0.6) is 0 Å². The highest BCUT2D eigenvalue weighted by Crippen LogP contribution is 2.43. The molecule has 0 atom stereocenters. The highest BCUT2D eigenvalue weighted by molar-refractivity contribution is 6.08. The minimum absolute atomic E-state index is 0.751. The molecule has 142 valence electrons. The van der Waals surface area contributed by atoms with E-state index in [9.17, 15) is 0 Å². The lowest BCUT2D eigenvalue weighted by atomic mass is 9.88. The topological polar surface area (TPSA) is 23.9 Å². The van der Waals surface area contributed by atoms with E-state index in [-0.39, 0.29) is 0 Å². The molecular formula is C28H25N. The van der Waals surface area contributed by atoms with Crippen molar-refractivity contribution in [3.05, 3.63) is 95.6 Å². The van der Waals surface area contributed by atoms with Crippen LogP contribution in [0.25, 0.3) is 33.0 Å². The number of fused-ring (bicyclic) bond motifs is 4. The summed E-state index contributed by atoms with van der Waals surface area (Å²) in [5.74, 6) is 0. The molecule has 4 aromatic rings. The Morgan fingerprint density at radius 2 is 1.41 bits per heavy atom. The molecule has 1 nitrogen and oxygen atoms in total. The lowest BCUT2D eigenvalue weighted by molar-refractivity contribution is 0.833. The summed E-state index contributed by atoms with van der Waals surface area (Å²) in [4.78, 5) is 0.